The number of imidazole rings is 1. The molecule has 0 saturated carbocycles. The number of carbonyl (C=O) groups is 1. The van der Waals surface area contributed by atoms with Crippen LogP contribution in [0.1, 0.15) is 11.3 Å². The van der Waals surface area contributed by atoms with E-state index < -0.39 is 0 Å². The third-order valence-corrected chi connectivity index (χ3v) is 7.24. The third-order valence-electron chi connectivity index (χ3n) is 7.24. The zero-order valence-electron chi connectivity index (χ0n) is 21.1. The Hall–Kier alpha value is -4.29. The van der Waals surface area contributed by atoms with Crippen LogP contribution in [-0.4, -0.2) is 51.3 Å². The Morgan fingerprint density at radius 3 is 2.08 bits per heavy atom. The van der Waals surface area contributed by atoms with Gasteiger partial charge >= 0.3 is 0 Å². The molecule has 0 bridgehead atoms. The molecule has 5 aromatic rings. The average Bonchev–Trinajstić information content (AvgIpc) is 3.33. The van der Waals surface area contributed by atoms with Crippen LogP contribution in [0.4, 0.5) is 4.39 Å². The number of pyridine rings is 1. The number of benzene rings is 3. The van der Waals surface area contributed by atoms with E-state index in [1.807, 2.05) is 29.2 Å². The van der Waals surface area contributed by atoms with Crippen molar-refractivity contribution >= 4 is 11.6 Å². The molecule has 1 aliphatic heterocycles. The van der Waals surface area contributed by atoms with Crippen molar-refractivity contribution in [2.45, 2.75) is 13.0 Å². The van der Waals surface area contributed by atoms with Gasteiger partial charge in [0.15, 0.2) is 0 Å². The minimum absolute atomic E-state index is 0.0866. The first-order chi connectivity index (χ1) is 18.6. The highest BCUT2D eigenvalue weighted by Gasteiger charge is 2.24. The Labute approximate surface area is 221 Å². The van der Waals surface area contributed by atoms with E-state index >= 15 is 0 Å². The molecule has 1 saturated heterocycles. The van der Waals surface area contributed by atoms with Crippen LogP contribution in [0.15, 0.2) is 103 Å². The molecule has 6 heteroatoms. The van der Waals surface area contributed by atoms with Gasteiger partial charge in [-0.1, -0.05) is 72.8 Å². The van der Waals surface area contributed by atoms with Crippen LogP contribution in [0.5, 0.6) is 0 Å². The Bertz CT molecular complexity index is 1540. The summed E-state index contributed by atoms with van der Waals surface area (Å²) < 4.78 is 15.4. The number of halogens is 1. The molecule has 0 aliphatic carbocycles. The van der Waals surface area contributed by atoms with Crippen LogP contribution in [-0.2, 0) is 17.8 Å². The van der Waals surface area contributed by atoms with E-state index in [0.717, 1.165) is 53.4 Å². The Kier molecular flexibility index (Phi) is 6.71. The van der Waals surface area contributed by atoms with E-state index in [2.05, 4.69) is 64.0 Å². The lowest BCUT2D eigenvalue weighted by atomic mass is 10.1. The second-order valence-electron chi connectivity index (χ2n) is 9.75. The number of hydrogen-bond acceptors (Lipinski definition) is 3. The number of piperazine rings is 1. The van der Waals surface area contributed by atoms with Crippen molar-refractivity contribution in [1.82, 2.24) is 19.2 Å². The summed E-state index contributed by atoms with van der Waals surface area (Å²) in [6.45, 7) is 3.66. The van der Waals surface area contributed by atoms with E-state index in [1.165, 1.54) is 17.7 Å². The molecular formula is C32H29FN4O. The molecule has 0 unspecified atom stereocenters. The topological polar surface area (TPSA) is 40.9 Å². The number of rotatable bonds is 6. The van der Waals surface area contributed by atoms with Crippen LogP contribution in [0.3, 0.4) is 0 Å². The van der Waals surface area contributed by atoms with Gasteiger partial charge in [0.25, 0.3) is 0 Å². The predicted molar refractivity (Wildman–Crippen MR) is 148 cm³/mol. The lowest BCUT2D eigenvalue weighted by Gasteiger charge is -2.35. The van der Waals surface area contributed by atoms with Gasteiger partial charge in [-0.3, -0.25) is 9.69 Å². The van der Waals surface area contributed by atoms with Gasteiger partial charge in [-0.25, -0.2) is 9.37 Å². The Morgan fingerprint density at radius 1 is 0.737 bits per heavy atom. The molecule has 38 heavy (non-hydrogen) atoms. The zero-order chi connectivity index (χ0) is 25.9. The van der Waals surface area contributed by atoms with Gasteiger partial charge in [-0.15, -0.1) is 0 Å². The maximum atomic E-state index is 13.2. The maximum absolute atomic E-state index is 13.2. The highest BCUT2D eigenvalue weighted by molar-refractivity contribution is 5.79. The quantitative estimate of drug-likeness (QED) is 0.298. The number of hydrogen-bond donors (Lipinski definition) is 0. The van der Waals surface area contributed by atoms with E-state index in [1.54, 1.807) is 12.1 Å². The summed E-state index contributed by atoms with van der Waals surface area (Å²) in [5.74, 6) is -0.198. The summed E-state index contributed by atoms with van der Waals surface area (Å²) in [6.07, 6.45) is 2.48. The molecule has 1 aliphatic rings. The molecule has 6 rings (SSSR count). The number of aromatic nitrogens is 2. The van der Waals surface area contributed by atoms with Crippen molar-refractivity contribution in [3.05, 3.63) is 120 Å². The molecule has 1 fully saturated rings. The number of carbonyl (C=O) groups excluding carboxylic acids is 1. The van der Waals surface area contributed by atoms with E-state index in [4.69, 9.17) is 4.98 Å². The summed E-state index contributed by atoms with van der Waals surface area (Å²) >= 11 is 0. The fourth-order valence-electron chi connectivity index (χ4n) is 5.13. The monoisotopic (exact) mass is 504 g/mol. The lowest BCUT2D eigenvalue weighted by Crippen LogP contribution is -2.48. The second kappa shape index (κ2) is 10.6. The fraction of sp³-hybridized carbons (Fsp3) is 0.188. The largest absolute Gasteiger partial charge is 0.340 e. The van der Waals surface area contributed by atoms with Crippen molar-refractivity contribution in [1.29, 1.82) is 0 Å². The number of amides is 1. The van der Waals surface area contributed by atoms with E-state index in [-0.39, 0.29) is 11.7 Å². The molecule has 1 amide bonds. The summed E-state index contributed by atoms with van der Waals surface area (Å²) in [5, 5.41) is 0. The molecule has 0 radical (unpaired) electrons. The van der Waals surface area contributed by atoms with Crippen LogP contribution in [0.25, 0.3) is 28.0 Å². The van der Waals surface area contributed by atoms with Crippen molar-refractivity contribution in [3.63, 3.8) is 0 Å². The Balaban J connectivity index is 1.23. The molecule has 0 spiro atoms. The Morgan fingerprint density at radius 2 is 1.39 bits per heavy atom. The van der Waals surface area contributed by atoms with Gasteiger partial charge in [0, 0.05) is 44.5 Å². The van der Waals surface area contributed by atoms with E-state index in [9.17, 15) is 9.18 Å². The van der Waals surface area contributed by atoms with Gasteiger partial charge in [0.1, 0.15) is 11.5 Å². The van der Waals surface area contributed by atoms with Crippen LogP contribution in [0, 0.1) is 5.82 Å². The first-order valence-corrected chi connectivity index (χ1v) is 13.0. The summed E-state index contributed by atoms with van der Waals surface area (Å²) in [5.41, 5.74) is 7.32. The van der Waals surface area contributed by atoms with Gasteiger partial charge in [-0.2, -0.15) is 0 Å². The number of nitrogens with zero attached hydrogens (tertiary/aromatic N) is 4. The normalized spacial score (nSPS) is 14.2. The molecular weight excluding hydrogens is 475 g/mol. The summed E-state index contributed by atoms with van der Waals surface area (Å²) in [7, 11) is 0. The molecule has 5 nitrogen and oxygen atoms in total. The molecule has 0 N–H and O–H groups in total. The van der Waals surface area contributed by atoms with Gasteiger partial charge in [0.2, 0.25) is 5.91 Å². The zero-order valence-corrected chi connectivity index (χ0v) is 21.1. The standard InChI is InChI=1S/C32H29FN4O/c33-28-14-11-24(12-15-28)21-31(38)36-19-17-35(18-20-36)23-29-32(26-9-5-2-6-10-26)34-30-16-13-27(22-37(29)30)25-7-3-1-4-8-25/h1-16,22H,17-21,23H2. The molecule has 3 heterocycles. The predicted octanol–water partition coefficient (Wildman–Crippen LogP) is 5.69. The first kappa shape index (κ1) is 24.1. The van der Waals surface area contributed by atoms with Crippen LogP contribution < -0.4 is 0 Å². The van der Waals surface area contributed by atoms with Crippen molar-refractivity contribution < 1.29 is 9.18 Å². The maximum Gasteiger partial charge on any atom is 0.227 e. The number of fused-ring (bicyclic) bond motifs is 1. The van der Waals surface area contributed by atoms with Crippen LogP contribution in [0.2, 0.25) is 0 Å². The minimum atomic E-state index is -0.284. The molecule has 0 atom stereocenters. The SMILES string of the molecule is O=C(Cc1ccc(F)cc1)N1CCN(Cc2c(-c3ccccc3)nc3ccc(-c4ccccc4)cn23)CC1. The summed E-state index contributed by atoms with van der Waals surface area (Å²) in [4.78, 5) is 22.2. The van der Waals surface area contributed by atoms with Gasteiger partial charge in [-0.05, 0) is 41.0 Å². The first-order valence-electron chi connectivity index (χ1n) is 13.0. The smallest absolute Gasteiger partial charge is 0.227 e. The molecule has 3 aromatic carbocycles. The third kappa shape index (κ3) is 5.08. The molecule has 2 aromatic heterocycles. The minimum Gasteiger partial charge on any atom is -0.340 e. The lowest BCUT2D eigenvalue weighted by molar-refractivity contribution is -0.132. The highest BCUT2D eigenvalue weighted by atomic mass is 19.1. The second-order valence-corrected chi connectivity index (χ2v) is 9.75. The highest BCUT2D eigenvalue weighted by Crippen LogP contribution is 2.28. The summed E-state index contributed by atoms with van der Waals surface area (Å²) in [6, 6.07) is 31.1. The molecule has 190 valence electrons. The van der Waals surface area contributed by atoms with Crippen molar-refractivity contribution in [2.75, 3.05) is 26.2 Å². The van der Waals surface area contributed by atoms with Crippen molar-refractivity contribution in [2.24, 2.45) is 0 Å². The van der Waals surface area contributed by atoms with Crippen molar-refractivity contribution in [3.8, 4) is 22.4 Å². The van der Waals surface area contributed by atoms with Gasteiger partial charge < -0.3 is 9.30 Å². The van der Waals surface area contributed by atoms with Gasteiger partial charge in [0.05, 0.1) is 17.8 Å². The van der Waals surface area contributed by atoms with Crippen LogP contribution >= 0.6 is 0 Å². The average molecular weight is 505 g/mol. The van der Waals surface area contributed by atoms with E-state index in [0.29, 0.717) is 19.5 Å². The fourth-order valence-corrected chi connectivity index (χ4v) is 5.13.